The fraction of sp³-hybridized carbons (Fsp3) is 0.333. The predicted octanol–water partition coefficient (Wildman–Crippen LogP) is 5.91. The molecule has 0 heterocycles. The van der Waals surface area contributed by atoms with Gasteiger partial charge >= 0.3 is 0 Å². The second kappa shape index (κ2) is 7.05. The maximum Gasteiger partial charge on any atom is 0.0440 e. The molecule has 0 amide bonds. The second-order valence-corrected chi connectivity index (χ2v) is 6.63. The summed E-state index contributed by atoms with van der Waals surface area (Å²) in [6, 6.07) is 14.5. The molecule has 0 nitrogen and oxygen atoms in total. The third kappa shape index (κ3) is 3.74. The third-order valence-electron chi connectivity index (χ3n) is 3.88. The molecule has 3 heteroatoms. The van der Waals surface area contributed by atoms with E-state index in [4.69, 9.17) is 34.8 Å². The molecule has 0 aliphatic heterocycles. The summed E-state index contributed by atoms with van der Waals surface area (Å²) in [6.45, 7) is 4.11. The van der Waals surface area contributed by atoms with Crippen molar-refractivity contribution in [2.45, 2.75) is 25.7 Å². The molecule has 0 saturated carbocycles. The summed E-state index contributed by atoms with van der Waals surface area (Å²) in [6.07, 6.45) is 0.739. The molecule has 2 aromatic rings. The van der Waals surface area contributed by atoms with Crippen LogP contribution >= 0.6 is 34.8 Å². The molecule has 0 aliphatic carbocycles. The third-order valence-corrected chi connectivity index (χ3v) is 5.25. The molecular weight excluding hydrogens is 323 g/mol. The van der Waals surface area contributed by atoms with Crippen molar-refractivity contribution >= 4 is 34.8 Å². The summed E-state index contributed by atoms with van der Waals surface area (Å²) < 4.78 is 0. The van der Waals surface area contributed by atoms with Crippen molar-refractivity contribution < 1.29 is 0 Å². The predicted molar refractivity (Wildman–Crippen MR) is 94.2 cm³/mol. The van der Waals surface area contributed by atoms with Gasteiger partial charge in [0.2, 0.25) is 0 Å². The van der Waals surface area contributed by atoms with Crippen LogP contribution in [0.3, 0.4) is 0 Å². The highest BCUT2D eigenvalue weighted by Gasteiger charge is 2.31. The molecule has 0 saturated heterocycles. The number of halogens is 3. The van der Waals surface area contributed by atoms with E-state index in [1.165, 1.54) is 11.1 Å². The molecule has 112 valence electrons. The van der Waals surface area contributed by atoms with Crippen LogP contribution in [0.4, 0.5) is 0 Å². The Kier molecular flexibility index (Phi) is 5.60. The molecule has 0 bridgehead atoms. The molecule has 21 heavy (non-hydrogen) atoms. The van der Waals surface area contributed by atoms with Gasteiger partial charge in [0, 0.05) is 22.2 Å². The first-order valence-corrected chi connectivity index (χ1v) is 8.39. The maximum absolute atomic E-state index is 6.38. The van der Waals surface area contributed by atoms with E-state index in [0.29, 0.717) is 11.8 Å². The van der Waals surface area contributed by atoms with Crippen molar-refractivity contribution in [1.82, 2.24) is 0 Å². The fourth-order valence-corrected chi connectivity index (χ4v) is 3.61. The number of aryl methyl sites for hydroxylation is 2. The first-order valence-electron chi connectivity index (χ1n) is 6.95. The van der Waals surface area contributed by atoms with Gasteiger partial charge in [-0.15, -0.1) is 23.2 Å². The molecule has 0 radical (unpaired) electrons. The molecule has 0 spiro atoms. The van der Waals surface area contributed by atoms with Crippen molar-refractivity contribution in [1.29, 1.82) is 0 Å². The minimum Gasteiger partial charge on any atom is -0.126 e. The standard InChI is InChI=1S/C18H19Cl3/c1-13-4-3-5-16(8-13)18(11-19,12-20)10-15-7-6-14(2)9-17(15)21/h3-9H,10-12H2,1-2H3. The molecule has 2 aromatic carbocycles. The van der Waals surface area contributed by atoms with Crippen molar-refractivity contribution in [2.24, 2.45) is 0 Å². The van der Waals surface area contributed by atoms with E-state index >= 15 is 0 Å². The van der Waals surface area contributed by atoms with E-state index < -0.39 is 0 Å². The Labute approximate surface area is 142 Å². The summed E-state index contributed by atoms with van der Waals surface area (Å²) in [4.78, 5) is 0. The van der Waals surface area contributed by atoms with Crippen LogP contribution < -0.4 is 0 Å². The Balaban J connectivity index is 2.43. The van der Waals surface area contributed by atoms with Crippen LogP contribution in [-0.4, -0.2) is 11.8 Å². The van der Waals surface area contributed by atoms with Crippen molar-refractivity contribution in [2.75, 3.05) is 11.8 Å². The van der Waals surface area contributed by atoms with E-state index in [-0.39, 0.29) is 5.41 Å². The topological polar surface area (TPSA) is 0 Å². The Morgan fingerprint density at radius 3 is 2.14 bits per heavy atom. The monoisotopic (exact) mass is 340 g/mol. The fourth-order valence-electron chi connectivity index (χ4n) is 2.52. The number of hydrogen-bond donors (Lipinski definition) is 0. The number of rotatable bonds is 5. The highest BCUT2D eigenvalue weighted by molar-refractivity contribution is 6.31. The minimum atomic E-state index is -0.298. The zero-order chi connectivity index (χ0) is 15.5. The molecular formula is C18H19Cl3. The van der Waals surface area contributed by atoms with Crippen LogP contribution in [0.15, 0.2) is 42.5 Å². The second-order valence-electron chi connectivity index (χ2n) is 5.69. The smallest absolute Gasteiger partial charge is 0.0440 e. The average molecular weight is 342 g/mol. The van der Waals surface area contributed by atoms with Crippen molar-refractivity contribution in [3.63, 3.8) is 0 Å². The first kappa shape index (κ1) is 16.7. The lowest BCUT2D eigenvalue weighted by Gasteiger charge is -2.31. The Bertz CT molecular complexity index is 616. The summed E-state index contributed by atoms with van der Waals surface area (Å²) in [5, 5.41) is 0.780. The molecule has 0 unspecified atom stereocenters. The summed E-state index contributed by atoms with van der Waals surface area (Å²) in [7, 11) is 0. The van der Waals surface area contributed by atoms with Gasteiger partial charge in [0.1, 0.15) is 0 Å². The Hall–Kier alpha value is -0.690. The van der Waals surface area contributed by atoms with Gasteiger partial charge in [-0.1, -0.05) is 53.6 Å². The molecule has 0 aromatic heterocycles. The van der Waals surface area contributed by atoms with Gasteiger partial charge in [-0.3, -0.25) is 0 Å². The van der Waals surface area contributed by atoms with Crippen LogP contribution in [0.25, 0.3) is 0 Å². The minimum absolute atomic E-state index is 0.298. The van der Waals surface area contributed by atoms with E-state index in [1.54, 1.807) is 0 Å². The Morgan fingerprint density at radius 2 is 1.57 bits per heavy atom. The average Bonchev–Trinajstić information content (AvgIpc) is 2.47. The van der Waals surface area contributed by atoms with Gasteiger partial charge in [0.15, 0.2) is 0 Å². The van der Waals surface area contributed by atoms with Crippen LogP contribution in [0.5, 0.6) is 0 Å². The highest BCUT2D eigenvalue weighted by Crippen LogP contribution is 2.34. The summed E-state index contributed by atoms with van der Waals surface area (Å²) >= 11 is 19.0. The van der Waals surface area contributed by atoms with Crippen LogP contribution in [0.2, 0.25) is 5.02 Å². The highest BCUT2D eigenvalue weighted by atomic mass is 35.5. The van der Waals surface area contributed by atoms with Crippen LogP contribution in [0, 0.1) is 13.8 Å². The normalized spacial score (nSPS) is 11.7. The van der Waals surface area contributed by atoms with Crippen molar-refractivity contribution in [3.05, 3.63) is 69.7 Å². The number of alkyl halides is 2. The largest absolute Gasteiger partial charge is 0.126 e. The quantitative estimate of drug-likeness (QED) is 0.593. The lowest BCUT2D eigenvalue weighted by molar-refractivity contribution is 0.536. The summed E-state index contributed by atoms with van der Waals surface area (Å²) in [5.41, 5.74) is 4.33. The number of benzene rings is 2. The van der Waals surface area contributed by atoms with E-state index in [9.17, 15) is 0 Å². The summed E-state index contributed by atoms with van der Waals surface area (Å²) in [5.74, 6) is 0.925. The van der Waals surface area contributed by atoms with Crippen LogP contribution in [0.1, 0.15) is 22.3 Å². The molecule has 0 N–H and O–H groups in total. The Morgan fingerprint density at radius 1 is 0.905 bits per heavy atom. The van der Waals surface area contributed by atoms with Gasteiger partial charge < -0.3 is 0 Å². The SMILES string of the molecule is Cc1cccc(C(CCl)(CCl)Cc2ccc(C)cc2Cl)c1. The lowest BCUT2D eigenvalue weighted by Crippen LogP contribution is -2.33. The molecule has 2 rings (SSSR count). The van der Waals surface area contributed by atoms with Gasteiger partial charge in [0.25, 0.3) is 0 Å². The first-order chi connectivity index (χ1) is 10.0. The van der Waals surface area contributed by atoms with E-state index in [2.05, 4.69) is 43.3 Å². The van der Waals surface area contributed by atoms with Gasteiger partial charge in [-0.25, -0.2) is 0 Å². The van der Waals surface area contributed by atoms with Gasteiger partial charge in [-0.2, -0.15) is 0 Å². The van der Waals surface area contributed by atoms with E-state index in [0.717, 1.165) is 22.6 Å². The van der Waals surface area contributed by atoms with E-state index in [1.807, 2.05) is 13.0 Å². The van der Waals surface area contributed by atoms with Crippen molar-refractivity contribution in [3.8, 4) is 0 Å². The lowest BCUT2D eigenvalue weighted by atomic mass is 9.78. The van der Waals surface area contributed by atoms with Gasteiger partial charge in [0.05, 0.1) is 0 Å². The molecule has 0 fully saturated rings. The number of hydrogen-bond acceptors (Lipinski definition) is 0. The zero-order valence-corrected chi connectivity index (χ0v) is 14.6. The van der Waals surface area contributed by atoms with Crippen LogP contribution in [-0.2, 0) is 11.8 Å². The zero-order valence-electron chi connectivity index (χ0n) is 12.3. The maximum atomic E-state index is 6.38. The molecule has 0 atom stereocenters. The molecule has 0 aliphatic rings. The van der Waals surface area contributed by atoms with Gasteiger partial charge in [-0.05, 0) is 43.0 Å².